The highest BCUT2D eigenvalue weighted by Crippen LogP contribution is 2.37. The molecule has 0 spiro atoms. The van der Waals surface area contributed by atoms with Gasteiger partial charge in [0.15, 0.2) is 0 Å². The molecule has 0 aromatic heterocycles. The number of carbonyl (C=O) groups is 3. The van der Waals surface area contributed by atoms with Crippen LogP contribution in [-0.2, 0) is 9.47 Å². The van der Waals surface area contributed by atoms with Crippen LogP contribution in [0.2, 0.25) is 0 Å². The fraction of sp³-hybridized carbons (Fsp3) is 0.400. The Balaban J connectivity index is 1.43. The van der Waals surface area contributed by atoms with Gasteiger partial charge in [0.25, 0.3) is 0 Å². The maximum Gasteiger partial charge on any atom is 0.524 e. The van der Waals surface area contributed by atoms with Crippen LogP contribution < -0.4 is 0 Å². The summed E-state index contributed by atoms with van der Waals surface area (Å²) in [5, 5.41) is 0. The number of benzene rings is 2. The van der Waals surface area contributed by atoms with Gasteiger partial charge >= 0.3 is 18.1 Å². The van der Waals surface area contributed by atoms with E-state index in [4.69, 9.17) is 9.47 Å². The number of ether oxygens (including phenoxy) is 2. The Morgan fingerprint density at radius 2 is 0.967 bits per heavy atom. The minimum absolute atomic E-state index is 0.296. The molecule has 4 rings (SSSR count). The summed E-state index contributed by atoms with van der Waals surface area (Å²) < 4.78 is 9.75. The third-order valence-corrected chi connectivity index (χ3v) is 6.30. The molecule has 5 nitrogen and oxygen atoms in total. The highest BCUT2D eigenvalue weighted by molar-refractivity contribution is 6.01. The van der Waals surface area contributed by atoms with Gasteiger partial charge in [0.1, 0.15) is 0 Å². The monoisotopic (exact) mass is 406 g/mol. The molecule has 2 aromatic rings. The van der Waals surface area contributed by atoms with Crippen LogP contribution in [0.4, 0.5) is 4.79 Å². The minimum Gasteiger partial charge on any atom is -0.356 e. The van der Waals surface area contributed by atoms with Gasteiger partial charge in [-0.15, -0.1) is 0 Å². The van der Waals surface area contributed by atoms with Crippen molar-refractivity contribution in [3.8, 4) is 0 Å². The van der Waals surface area contributed by atoms with Crippen molar-refractivity contribution in [2.45, 2.75) is 63.2 Å². The summed E-state index contributed by atoms with van der Waals surface area (Å²) in [6.45, 7) is 0. The van der Waals surface area contributed by atoms with Crippen LogP contribution in [-0.4, -0.2) is 18.1 Å². The summed E-state index contributed by atoms with van der Waals surface area (Å²) in [7, 11) is 0. The third kappa shape index (κ3) is 4.45. The van der Waals surface area contributed by atoms with Gasteiger partial charge in [-0.3, -0.25) is 0 Å². The molecule has 0 radical (unpaired) electrons. The van der Waals surface area contributed by atoms with Crippen molar-refractivity contribution in [3.05, 3.63) is 70.8 Å². The fourth-order valence-corrected chi connectivity index (χ4v) is 4.83. The summed E-state index contributed by atoms with van der Waals surface area (Å²) in [5.74, 6) is -0.965. The molecule has 0 saturated heterocycles. The molecule has 2 aromatic carbocycles. The second-order valence-electron chi connectivity index (χ2n) is 8.17. The lowest BCUT2D eigenvalue weighted by molar-refractivity contribution is 0.0336. The lowest BCUT2D eigenvalue weighted by Gasteiger charge is -2.15. The first-order valence-electron chi connectivity index (χ1n) is 10.8. The molecule has 0 amide bonds. The van der Waals surface area contributed by atoms with E-state index in [1.165, 1.54) is 0 Å². The van der Waals surface area contributed by atoms with Crippen LogP contribution in [0.25, 0.3) is 0 Å². The van der Waals surface area contributed by atoms with Gasteiger partial charge < -0.3 is 9.47 Å². The summed E-state index contributed by atoms with van der Waals surface area (Å²) >= 11 is 0. The second-order valence-corrected chi connectivity index (χ2v) is 8.17. The minimum atomic E-state index is -1.28. The van der Waals surface area contributed by atoms with E-state index >= 15 is 0 Å². The van der Waals surface area contributed by atoms with Gasteiger partial charge in [0.05, 0.1) is 11.1 Å². The topological polar surface area (TPSA) is 69.7 Å². The van der Waals surface area contributed by atoms with Gasteiger partial charge in [0.2, 0.25) is 0 Å². The van der Waals surface area contributed by atoms with Gasteiger partial charge in [-0.1, -0.05) is 62.1 Å². The van der Waals surface area contributed by atoms with Gasteiger partial charge in [0, 0.05) is 0 Å². The van der Waals surface area contributed by atoms with Crippen molar-refractivity contribution < 1.29 is 23.9 Å². The molecule has 0 atom stereocenters. The molecule has 156 valence electrons. The quantitative estimate of drug-likeness (QED) is 0.451. The Bertz CT molecular complexity index is 861. The van der Waals surface area contributed by atoms with Crippen molar-refractivity contribution in [2.24, 2.45) is 0 Å². The molecule has 2 fully saturated rings. The summed E-state index contributed by atoms with van der Waals surface area (Å²) in [4.78, 5) is 37.4. The molecular weight excluding hydrogens is 380 g/mol. The van der Waals surface area contributed by atoms with Crippen molar-refractivity contribution in [1.29, 1.82) is 0 Å². The van der Waals surface area contributed by atoms with Gasteiger partial charge in [-0.05, 0) is 60.8 Å². The third-order valence-electron chi connectivity index (χ3n) is 6.30. The summed E-state index contributed by atoms with van der Waals surface area (Å²) in [6.07, 6.45) is 7.31. The van der Waals surface area contributed by atoms with E-state index in [1.54, 1.807) is 24.3 Å². The average Bonchev–Trinajstić information content (AvgIpc) is 3.48. The highest BCUT2D eigenvalue weighted by Gasteiger charge is 2.27. The predicted octanol–water partition coefficient (Wildman–Crippen LogP) is 6.14. The Morgan fingerprint density at radius 3 is 1.37 bits per heavy atom. The van der Waals surface area contributed by atoms with Gasteiger partial charge in [-0.25, -0.2) is 14.4 Å². The van der Waals surface area contributed by atoms with E-state index in [0.717, 1.165) is 62.5 Å². The Kier molecular flexibility index (Phi) is 6.26. The Morgan fingerprint density at radius 1 is 0.600 bits per heavy atom. The van der Waals surface area contributed by atoms with Crippen LogP contribution in [0.1, 0.15) is 95.0 Å². The molecule has 0 unspecified atom stereocenters. The van der Waals surface area contributed by atoms with E-state index in [0.29, 0.717) is 23.0 Å². The molecule has 0 heterocycles. The van der Waals surface area contributed by atoms with Crippen LogP contribution in [0, 0.1) is 0 Å². The number of rotatable bonds is 4. The number of hydrogen-bond acceptors (Lipinski definition) is 5. The Labute approximate surface area is 176 Å². The molecular formula is C25H26O5. The highest BCUT2D eigenvalue weighted by atomic mass is 16.8. The van der Waals surface area contributed by atoms with Crippen molar-refractivity contribution >= 4 is 18.1 Å². The zero-order valence-electron chi connectivity index (χ0n) is 17.0. The predicted molar refractivity (Wildman–Crippen MR) is 112 cm³/mol. The van der Waals surface area contributed by atoms with Crippen molar-refractivity contribution in [3.63, 3.8) is 0 Å². The molecule has 0 bridgehead atoms. The average molecular weight is 406 g/mol. The molecule has 0 aliphatic heterocycles. The standard InChI is InChI=1S/C25H26O5/c26-23(21-15-7-5-13-19(21)17-9-1-2-10-17)29-25(28)30-24(27)22-16-8-6-14-20(22)18-11-3-4-12-18/h5-8,13-18H,1-4,9-12H2. The smallest absolute Gasteiger partial charge is 0.356 e. The van der Waals surface area contributed by atoms with Gasteiger partial charge in [-0.2, -0.15) is 0 Å². The number of esters is 2. The lowest BCUT2D eigenvalue weighted by atomic mass is 9.93. The number of hydrogen-bond donors (Lipinski definition) is 0. The molecule has 2 aliphatic rings. The Hall–Kier alpha value is -2.95. The second kappa shape index (κ2) is 9.24. The zero-order chi connectivity index (χ0) is 20.9. The van der Waals surface area contributed by atoms with Crippen molar-refractivity contribution in [2.75, 3.05) is 0 Å². The fourth-order valence-electron chi connectivity index (χ4n) is 4.83. The lowest BCUT2D eigenvalue weighted by Crippen LogP contribution is -2.20. The van der Waals surface area contributed by atoms with Crippen LogP contribution in [0.15, 0.2) is 48.5 Å². The van der Waals surface area contributed by atoms with E-state index in [-0.39, 0.29) is 0 Å². The van der Waals surface area contributed by atoms with E-state index in [2.05, 4.69) is 0 Å². The van der Waals surface area contributed by atoms with Crippen LogP contribution in [0.3, 0.4) is 0 Å². The van der Waals surface area contributed by atoms with E-state index in [1.807, 2.05) is 24.3 Å². The first-order chi connectivity index (χ1) is 14.6. The van der Waals surface area contributed by atoms with Crippen LogP contribution in [0.5, 0.6) is 0 Å². The SMILES string of the molecule is O=C(OC(=O)c1ccccc1C1CCCC1)OC(=O)c1ccccc1C1CCCC1. The molecule has 0 N–H and O–H groups in total. The zero-order valence-corrected chi connectivity index (χ0v) is 17.0. The largest absolute Gasteiger partial charge is 0.524 e. The summed E-state index contributed by atoms with van der Waals surface area (Å²) in [6, 6.07) is 14.4. The summed E-state index contributed by atoms with van der Waals surface area (Å²) in [5.41, 5.74) is 2.51. The molecule has 2 saturated carbocycles. The van der Waals surface area contributed by atoms with Crippen molar-refractivity contribution in [1.82, 2.24) is 0 Å². The first kappa shape index (κ1) is 20.3. The molecule has 30 heavy (non-hydrogen) atoms. The first-order valence-corrected chi connectivity index (χ1v) is 10.8. The molecule has 2 aliphatic carbocycles. The van der Waals surface area contributed by atoms with Crippen LogP contribution >= 0.6 is 0 Å². The maximum absolute atomic E-state index is 12.6. The molecule has 5 heteroatoms. The van der Waals surface area contributed by atoms with E-state index < -0.39 is 18.1 Å². The number of carbonyl (C=O) groups excluding carboxylic acids is 3. The normalized spacial score (nSPS) is 17.1. The van der Waals surface area contributed by atoms with E-state index in [9.17, 15) is 14.4 Å². The maximum atomic E-state index is 12.6.